The fraction of sp³-hybridized carbons (Fsp3) is 0.294. The normalized spacial score (nSPS) is 11.2. The molecule has 0 atom stereocenters. The number of unbranched alkanes of at least 4 members (excludes halogenated alkanes) is 2. The minimum Gasteiger partial charge on any atom is -0.492 e. The first-order valence-electron chi connectivity index (χ1n) is 8.27. The van der Waals surface area contributed by atoms with Crippen LogP contribution in [-0.4, -0.2) is 45.3 Å². The Morgan fingerprint density at radius 2 is 1.17 bits per heavy atom. The van der Waals surface area contributed by atoms with Crippen molar-refractivity contribution in [3.05, 3.63) is 48.0 Å². The van der Waals surface area contributed by atoms with Crippen LogP contribution in [-0.2, 0) is 0 Å². The Kier molecular flexibility index (Phi) is 12.6. The molecule has 0 aromatic carbocycles. The zero-order valence-electron chi connectivity index (χ0n) is 15.5. The van der Waals surface area contributed by atoms with Gasteiger partial charge in [0.2, 0.25) is 0 Å². The van der Waals surface area contributed by atoms with Crippen molar-refractivity contribution in [3.63, 3.8) is 0 Å². The topological polar surface area (TPSA) is 161 Å². The molecular formula is C17H24Cl2N6O4. The maximum atomic E-state index is 8.58. The summed E-state index contributed by atoms with van der Waals surface area (Å²) < 4.78 is 11.2. The highest BCUT2D eigenvalue weighted by Crippen LogP contribution is 2.12. The van der Waals surface area contributed by atoms with E-state index in [1.54, 1.807) is 24.3 Å². The van der Waals surface area contributed by atoms with E-state index >= 15 is 0 Å². The van der Waals surface area contributed by atoms with Crippen LogP contribution in [0.3, 0.4) is 0 Å². The fourth-order valence-electron chi connectivity index (χ4n) is 2.10. The predicted molar refractivity (Wildman–Crippen MR) is 113 cm³/mol. The van der Waals surface area contributed by atoms with Crippen LogP contribution in [0.2, 0.25) is 0 Å². The highest BCUT2D eigenvalue weighted by Gasteiger charge is 2.03. The Morgan fingerprint density at radius 3 is 1.48 bits per heavy atom. The van der Waals surface area contributed by atoms with E-state index in [4.69, 9.17) is 31.4 Å². The number of halogens is 2. The lowest BCUT2D eigenvalue weighted by atomic mass is 10.2. The van der Waals surface area contributed by atoms with E-state index in [1.807, 2.05) is 0 Å². The zero-order chi connectivity index (χ0) is 19.5. The molecule has 0 radical (unpaired) electrons. The summed E-state index contributed by atoms with van der Waals surface area (Å²) in [5.41, 5.74) is 11.7. The summed E-state index contributed by atoms with van der Waals surface area (Å²) >= 11 is 0. The standard InChI is InChI=1S/C17H22N6O4.2ClH/c18-16(22-24)14-6-4-12(10-20-14)26-8-2-1-3-9-27-13-5-7-15(21-11-13)17(19)23-25;;/h4-7,10-11,24-25H,1-3,8-9H2,(H2,18,22)(H2,19,23);2*1H. The monoisotopic (exact) mass is 446 g/mol. The Bertz CT molecular complexity index is 707. The molecule has 0 unspecified atom stereocenters. The molecular weight excluding hydrogens is 423 g/mol. The SMILES string of the molecule is Cl.Cl.N/C(=N\O)c1ccc(OCCCCCOc2ccc(/C(N)=N/O)nc2)cn1. The number of aromatic nitrogens is 2. The van der Waals surface area contributed by atoms with Gasteiger partial charge in [-0.25, -0.2) is 9.97 Å². The van der Waals surface area contributed by atoms with Crippen LogP contribution in [0.4, 0.5) is 0 Å². The molecule has 6 N–H and O–H groups in total. The maximum Gasteiger partial charge on any atom is 0.188 e. The van der Waals surface area contributed by atoms with E-state index in [2.05, 4.69) is 20.3 Å². The predicted octanol–water partition coefficient (Wildman–Crippen LogP) is 2.14. The van der Waals surface area contributed by atoms with Gasteiger partial charge >= 0.3 is 0 Å². The number of ether oxygens (including phenoxy) is 2. The van der Waals surface area contributed by atoms with Crippen molar-refractivity contribution in [2.75, 3.05) is 13.2 Å². The summed E-state index contributed by atoms with van der Waals surface area (Å²) in [5, 5.41) is 22.9. The number of hydrogen-bond acceptors (Lipinski definition) is 8. The fourth-order valence-corrected chi connectivity index (χ4v) is 2.10. The quantitative estimate of drug-likeness (QED) is 0.142. The third-order valence-corrected chi connectivity index (χ3v) is 3.54. The summed E-state index contributed by atoms with van der Waals surface area (Å²) in [6.45, 7) is 1.11. The minimum absolute atomic E-state index is 0. The molecule has 0 saturated heterocycles. The number of nitrogens with two attached hydrogens (primary N) is 2. The van der Waals surface area contributed by atoms with Gasteiger partial charge in [0.1, 0.15) is 22.9 Å². The molecule has 2 aromatic rings. The molecule has 29 heavy (non-hydrogen) atoms. The van der Waals surface area contributed by atoms with Crippen LogP contribution in [0.1, 0.15) is 30.7 Å². The summed E-state index contributed by atoms with van der Waals surface area (Å²) in [6, 6.07) is 6.68. The van der Waals surface area contributed by atoms with E-state index in [0.29, 0.717) is 36.1 Å². The lowest BCUT2D eigenvalue weighted by molar-refractivity contribution is 0.278. The number of nitrogens with zero attached hydrogens (tertiary/aromatic N) is 4. The molecule has 2 aromatic heterocycles. The van der Waals surface area contributed by atoms with E-state index in [9.17, 15) is 0 Å². The molecule has 0 amide bonds. The van der Waals surface area contributed by atoms with E-state index in [0.717, 1.165) is 19.3 Å². The molecule has 0 aliphatic heterocycles. The molecule has 0 saturated carbocycles. The van der Waals surface area contributed by atoms with Gasteiger partial charge in [0.25, 0.3) is 0 Å². The van der Waals surface area contributed by atoms with Crippen molar-refractivity contribution in [3.8, 4) is 11.5 Å². The van der Waals surface area contributed by atoms with Crippen molar-refractivity contribution in [1.29, 1.82) is 0 Å². The van der Waals surface area contributed by atoms with Crippen LogP contribution in [0.15, 0.2) is 47.0 Å². The highest BCUT2D eigenvalue weighted by atomic mass is 35.5. The van der Waals surface area contributed by atoms with E-state index in [1.165, 1.54) is 12.4 Å². The molecule has 0 spiro atoms. The van der Waals surface area contributed by atoms with Crippen LogP contribution in [0.25, 0.3) is 0 Å². The Balaban J connectivity index is 0.00000392. The Morgan fingerprint density at radius 1 is 0.759 bits per heavy atom. The lowest BCUT2D eigenvalue weighted by Crippen LogP contribution is -2.14. The first-order valence-corrected chi connectivity index (χ1v) is 8.27. The molecule has 2 rings (SSSR count). The largest absolute Gasteiger partial charge is 0.492 e. The maximum absolute atomic E-state index is 8.58. The first-order chi connectivity index (χ1) is 13.1. The number of rotatable bonds is 10. The average Bonchev–Trinajstić information content (AvgIpc) is 2.72. The van der Waals surface area contributed by atoms with Crippen molar-refractivity contribution >= 4 is 36.5 Å². The molecule has 160 valence electrons. The van der Waals surface area contributed by atoms with Crippen molar-refractivity contribution < 1.29 is 19.9 Å². The number of oxime groups is 2. The summed E-state index contributed by atoms with van der Waals surface area (Å²) in [7, 11) is 0. The van der Waals surface area contributed by atoms with Crippen LogP contribution in [0.5, 0.6) is 11.5 Å². The van der Waals surface area contributed by atoms with Crippen LogP contribution in [0, 0.1) is 0 Å². The van der Waals surface area contributed by atoms with Gasteiger partial charge in [-0.2, -0.15) is 0 Å². The van der Waals surface area contributed by atoms with E-state index in [-0.39, 0.29) is 36.5 Å². The minimum atomic E-state index is -0.0450. The number of amidine groups is 2. The summed E-state index contributed by atoms with van der Waals surface area (Å²) in [5.74, 6) is 1.16. The van der Waals surface area contributed by atoms with Gasteiger partial charge in [0.05, 0.1) is 25.6 Å². The van der Waals surface area contributed by atoms with Crippen molar-refractivity contribution in [2.24, 2.45) is 21.8 Å². The molecule has 0 bridgehead atoms. The molecule has 0 aliphatic carbocycles. The summed E-state index contributed by atoms with van der Waals surface area (Å²) in [6.07, 6.45) is 5.73. The van der Waals surface area contributed by atoms with Gasteiger partial charge in [0.15, 0.2) is 11.7 Å². The third-order valence-electron chi connectivity index (χ3n) is 3.54. The van der Waals surface area contributed by atoms with Crippen LogP contribution >= 0.6 is 24.8 Å². The third kappa shape index (κ3) is 8.71. The molecule has 0 fully saturated rings. The number of hydrogen-bond donors (Lipinski definition) is 4. The Labute approximate surface area is 180 Å². The average molecular weight is 447 g/mol. The highest BCUT2D eigenvalue weighted by molar-refractivity contribution is 5.95. The molecule has 0 aliphatic rings. The molecule has 12 heteroatoms. The molecule has 2 heterocycles. The second-order valence-electron chi connectivity index (χ2n) is 5.49. The lowest BCUT2D eigenvalue weighted by Gasteiger charge is -2.08. The number of pyridine rings is 2. The zero-order valence-corrected chi connectivity index (χ0v) is 17.1. The first kappa shape index (κ1) is 26.0. The van der Waals surface area contributed by atoms with Crippen LogP contribution < -0.4 is 20.9 Å². The van der Waals surface area contributed by atoms with E-state index < -0.39 is 0 Å². The van der Waals surface area contributed by atoms with Gasteiger partial charge in [-0.1, -0.05) is 10.3 Å². The van der Waals surface area contributed by atoms with Crippen molar-refractivity contribution in [1.82, 2.24) is 9.97 Å². The molecule has 10 nitrogen and oxygen atoms in total. The Hall–Kier alpha value is -2.98. The van der Waals surface area contributed by atoms with Gasteiger partial charge in [-0.3, -0.25) is 0 Å². The van der Waals surface area contributed by atoms with Crippen molar-refractivity contribution in [2.45, 2.75) is 19.3 Å². The summed E-state index contributed by atoms with van der Waals surface area (Å²) in [4.78, 5) is 8.08. The van der Waals surface area contributed by atoms with Gasteiger partial charge in [-0.15, -0.1) is 24.8 Å². The second kappa shape index (κ2) is 14.1. The second-order valence-corrected chi connectivity index (χ2v) is 5.49. The van der Waals surface area contributed by atoms with Gasteiger partial charge < -0.3 is 31.4 Å². The smallest absolute Gasteiger partial charge is 0.188 e. The van der Waals surface area contributed by atoms with Gasteiger partial charge in [-0.05, 0) is 43.5 Å². The van der Waals surface area contributed by atoms with Gasteiger partial charge in [0, 0.05) is 0 Å².